The van der Waals surface area contributed by atoms with Gasteiger partial charge in [-0.25, -0.2) is 0 Å². The number of amides is 1. The fourth-order valence-corrected chi connectivity index (χ4v) is 7.71. The molecule has 1 saturated heterocycles. The highest BCUT2D eigenvalue weighted by Crippen LogP contribution is 2.55. The summed E-state index contributed by atoms with van der Waals surface area (Å²) < 4.78 is 6.19. The molecule has 0 radical (unpaired) electrons. The number of primary amides is 1. The number of nitrogens with two attached hydrogens (primary N) is 1. The first-order valence-corrected chi connectivity index (χ1v) is 15.4. The maximum absolute atomic E-state index is 14.2. The molecule has 6 rings (SSSR count). The molecule has 1 aliphatic heterocycles. The Hall–Kier alpha value is -4.17. The van der Waals surface area contributed by atoms with E-state index >= 15 is 0 Å². The van der Waals surface area contributed by atoms with Crippen molar-refractivity contribution in [2.75, 3.05) is 66.3 Å². The van der Waals surface area contributed by atoms with Crippen LogP contribution in [0.25, 0.3) is 17.1 Å². The molecule has 4 atom stereocenters. The lowest BCUT2D eigenvalue weighted by molar-refractivity contribution is -0.153. The van der Waals surface area contributed by atoms with Crippen molar-refractivity contribution in [1.29, 1.82) is 0 Å². The van der Waals surface area contributed by atoms with Crippen molar-refractivity contribution in [3.8, 4) is 17.1 Å². The summed E-state index contributed by atoms with van der Waals surface area (Å²) in [4.78, 5) is 47.7. The van der Waals surface area contributed by atoms with Crippen LogP contribution in [0.15, 0.2) is 39.5 Å². The van der Waals surface area contributed by atoms with Gasteiger partial charge in [0, 0.05) is 57.5 Å². The van der Waals surface area contributed by atoms with Crippen molar-refractivity contribution in [2.24, 2.45) is 17.6 Å². The van der Waals surface area contributed by atoms with E-state index in [1.54, 1.807) is 26.2 Å². The van der Waals surface area contributed by atoms with Crippen LogP contribution in [-0.2, 0) is 27.3 Å². The minimum atomic E-state index is -2.69. The summed E-state index contributed by atoms with van der Waals surface area (Å²) in [5, 5.41) is 46.5. The predicted molar refractivity (Wildman–Crippen MR) is 169 cm³/mol. The van der Waals surface area contributed by atoms with Crippen molar-refractivity contribution in [2.45, 2.75) is 31.0 Å². The van der Waals surface area contributed by atoms with Crippen LogP contribution in [0, 0.1) is 11.8 Å². The molecule has 2 heterocycles. The maximum atomic E-state index is 14.2. The normalized spacial score (nSPS) is 27.2. The van der Waals surface area contributed by atoms with Gasteiger partial charge < -0.3 is 40.4 Å². The number of benzene rings is 1. The number of likely N-dealkylation sites (N-methyl/N-ethyl adjacent to an activating group) is 2. The van der Waals surface area contributed by atoms with Crippen molar-refractivity contribution in [1.82, 2.24) is 14.7 Å². The summed E-state index contributed by atoms with van der Waals surface area (Å²) in [6.45, 7) is 4.32. The van der Waals surface area contributed by atoms with Gasteiger partial charge in [0.2, 0.25) is 5.78 Å². The molecule has 1 saturated carbocycles. The van der Waals surface area contributed by atoms with E-state index in [0.717, 1.165) is 31.9 Å². The molecule has 2 aromatic rings. The first kappa shape index (κ1) is 31.8. The molecule has 6 N–H and O–H groups in total. The summed E-state index contributed by atoms with van der Waals surface area (Å²) >= 11 is 0. The van der Waals surface area contributed by atoms with Gasteiger partial charge in [-0.3, -0.25) is 24.2 Å². The number of Topliss-reactive ketones (excluding diaryl/α,β-unsaturated/α-hetero) is 2. The SMILES string of the molecule is CN1CCN(Cc2ccc(-c3cc(N(C)C)c4c(c3O)C(O)=C3C(=O)[C@@]5(O)C(O)=C(C(N)=O)C(=O)[C@@H](N(C)C)[C@@H]5C[C@@H]3C4)o2)CC1. The summed E-state index contributed by atoms with van der Waals surface area (Å²) in [7, 11) is 8.89. The highest BCUT2D eigenvalue weighted by Gasteiger charge is 2.64. The van der Waals surface area contributed by atoms with Gasteiger partial charge in [0.1, 0.15) is 34.4 Å². The number of rotatable bonds is 6. The number of fused-ring (bicyclic) bond motifs is 3. The fourth-order valence-electron chi connectivity index (χ4n) is 7.71. The molecule has 46 heavy (non-hydrogen) atoms. The number of aliphatic hydroxyl groups is 3. The molecule has 246 valence electrons. The lowest BCUT2D eigenvalue weighted by atomic mass is 9.57. The van der Waals surface area contributed by atoms with Crippen LogP contribution in [0.3, 0.4) is 0 Å². The van der Waals surface area contributed by atoms with Crippen LogP contribution in [0.2, 0.25) is 0 Å². The zero-order chi connectivity index (χ0) is 33.4. The van der Waals surface area contributed by atoms with Gasteiger partial charge in [-0.15, -0.1) is 0 Å². The minimum absolute atomic E-state index is 0.0227. The van der Waals surface area contributed by atoms with Crippen molar-refractivity contribution >= 4 is 28.9 Å². The third-order valence-electron chi connectivity index (χ3n) is 10.1. The molecule has 4 aliphatic rings. The number of hydrogen-bond donors (Lipinski definition) is 5. The number of piperazine rings is 1. The number of aliphatic hydroxyl groups excluding tert-OH is 2. The molecule has 0 bridgehead atoms. The summed E-state index contributed by atoms with van der Waals surface area (Å²) in [5.41, 5.74) is 3.30. The van der Waals surface area contributed by atoms with Gasteiger partial charge in [-0.2, -0.15) is 0 Å². The zero-order valence-electron chi connectivity index (χ0n) is 26.7. The van der Waals surface area contributed by atoms with Crippen LogP contribution in [0.4, 0.5) is 5.69 Å². The Bertz CT molecular complexity index is 1700. The number of hydrogen-bond acceptors (Lipinski definition) is 12. The molecular formula is C33H41N5O8. The zero-order valence-corrected chi connectivity index (χ0v) is 26.7. The molecular weight excluding hydrogens is 594 g/mol. The maximum Gasteiger partial charge on any atom is 0.255 e. The van der Waals surface area contributed by atoms with Crippen LogP contribution < -0.4 is 10.6 Å². The third kappa shape index (κ3) is 4.72. The van der Waals surface area contributed by atoms with E-state index < -0.39 is 58.0 Å². The van der Waals surface area contributed by atoms with E-state index in [4.69, 9.17) is 10.2 Å². The molecule has 0 spiro atoms. The van der Waals surface area contributed by atoms with Crippen molar-refractivity contribution in [3.63, 3.8) is 0 Å². The van der Waals surface area contributed by atoms with Crippen molar-refractivity contribution in [3.05, 3.63) is 52.0 Å². The quantitative estimate of drug-likeness (QED) is 0.285. The molecule has 3 aliphatic carbocycles. The third-order valence-corrected chi connectivity index (χ3v) is 10.1. The van der Waals surface area contributed by atoms with Crippen LogP contribution >= 0.6 is 0 Å². The predicted octanol–water partition coefficient (Wildman–Crippen LogP) is 1.04. The molecule has 0 unspecified atom stereocenters. The number of ketones is 2. The molecule has 1 aromatic carbocycles. The highest BCUT2D eigenvalue weighted by atomic mass is 16.4. The number of carbonyl (C=O) groups excluding carboxylic acids is 3. The summed E-state index contributed by atoms with van der Waals surface area (Å²) in [5.74, 6) is -5.75. The second-order valence-electron chi connectivity index (χ2n) is 13.3. The molecule has 2 fully saturated rings. The first-order valence-electron chi connectivity index (χ1n) is 15.4. The summed E-state index contributed by atoms with van der Waals surface area (Å²) in [6.07, 6.45) is 0.220. The molecule has 13 nitrogen and oxygen atoms in total. The number of anilines is 1. The average molecular weight is 636 g/mol. The van der Waals surface area contributed by atoms with Gasteiger partial charge in [-0.1, -0.05) is 0 Å². The Morgan fingerprint density at radius 1 is 1.09 bits per heavy atom. The van der Waals surface area contributed by atoms with Gasteiger partial charge in [0.25, 0.3) is 5.91 Å². The Balaban J connectivity index is 1.46. The van der Waals surface area contributed by atoms with E-state index in [9.17, 15) is 34.8 Å². The van der Waals surface area contributed by atoms with Gasteiger partial charge in [-0.05, 0) is 63.7 Å². The number of aromatic hydroxyl groups is 1. The largest absolute Gasteiger partial charge is 0.508 e. The lowest BCUT2D eigenvalue weighted by Gasteiger charge is -2.50. The average Bonchev–Trinajstić information content (AvgIpc) is 3.44. The second-order valence-corrected chi connectivity index (χ2v) is 13.3. The van der Waals surface area contributed by atoms with Gasteiger partial charge >= 0.3 is 0 Å². The number of nitrogens with zero attached hydrogens (tertiary/aromatic N) is 4. The van der Waals surface area contributed by atoms with E-state index in [1.165, 1.54) is 4.90 Å². The smallest absolute Gasteiger partial charge is 0.255 e. The second kappa shape index (κ2) is 11.3. The Morgan fingerprint density at radius 3 is 2.37 bits per heavy atom. The molecule has 13 heteroatoms. The van der Waals surface area contributed by atoms with Crippen LogP contribution in [0.5, 0.6) is 5.75 Å². The van der Waals surface area contributed by atoms with Gasteiger partial charge in [0.15, 0.2) is 11.4 Å². The van der Waals surface area contributed by atoms with E-state index in [2.05, 4.69) is 16.8 Å². The summed E-state index contributed by atoms with van der Waals surface area (Å²) in [6, 6.07) is 4.26. The lowest BCUT2D eigenvalue weighted by Crippen LogP contribution is -2.65. The molecule has 1 amide bonds. The first-order chi connectivity index (χ1) is 21.7. The number of phenolic OH excluding ortho intramolecular Hbond substituents is 1. The van der Waals surface area contributed by atoms with Gasteiger partial charge in [0.05, 0.1) is 23.7 Å². The van der Waals surface area contributed by atoms with Crippen LogP contribution in [0.1, 0.15) is 23.3 Å². The monoisotopic (exact) mass is 635 g/mol. The van der Waals surface area contributed by atoms with Crippen LogP contribution in [-0.4, -0.2) is 126 Å². The fraction of sp³-hybridized carbons (Fsp3) is 0.485. The van der Waals surface area contributed by atoms with E-state index in [1.807, 2.05) is 25.1 Å². The standard InChI is InChI=1S/C33H41N5O8/c1-35(2)21-14-19(22-7-6-17(46-22)15-38-10-8-37(5)9-11-38)27(39)24-18(21)12-16-13-20-26(36(3)4)29(41)25(32(34)44)31(43)33(20,45)30(42)23(16)28(24)40/h6-7,14,16,20,26,39-40,43,45H,8-13,15H2,1-5H3,(H2,34,44)/t16-,20-,26-,33+/m0/s1. The molecule has 1 aromatic heterocycles. The number of carbonyl (C=O) groups is 3. The Labute approximate surface area is 266 Å². The minimum Gasteiger partial charge on any atom is -0.508 e. The highest BCUT2D eigenvalue weighted by molar-refractivity contribution is 6.24. The Kier molecular flexibility index (Phi) is 7.79. The van der Waals surface area contributed by atoms with E-state index in [0.29, 0.717) is 29.1 Å². The number of furan rings is 1. The topological polar surface area (TPSA) is 184 Å². The number of phenols is 1. The Morgan fingerprint density at radius 2 is 1.76 bits per heavy atom. The van der Waals surface area contributed by atoms with E-state index in [-0.39, 0.29) is 29.7 Å². The van der Waals surface area contributed by atoms with Crippen molar-refractivity contribution < 1.29 is 39.2 Å².